The smallest absolute Gasteiger partial charge is 0.123 e. The van der Waals surface area contributed by atoms with Crippen LogP contribution in [0.3, 0.4) is 0 Å². The van der Waals surface area contributed by atoms with Crippen molar-refractivity contribution in [3.63, 3.8) is 0 Å². The number of nitrogens with one attached hydrogen (secondary N) is 1. The summed E-state index contributed by atoms with van der Waals surface area (Å²) in [6.45, 7) is 10.5. The van der Waals surface area contributed by atoms with Crippen molar-refractivity contribution in [1.82, 2.24) is 5.32 Å². The summed E-state index contributed by atoms with van der Waals surface area (Å²) in [5.74, 6) is 2.05. The van der Waals surface area contributed by atoms with Crippen molar-refractivity contribution in [2.45, 2.75) is 33.8 Å². The van der Waals surface area contributed by atoms with Crippen LogP contribution in [0.4, 0.5) is 0 Å². The number of hydrogen-bond donors (Lipinski definition) is 2. The molecule has 0 amide bonds. The van der Waals surface area contributed by atoms with Gasteiger partial charge in [0.25, 0.3) is 0 Å². The predicted octanol–water partition coefficient (Wildman–Crippen LogP) is 2.71. The molecule has 0 saturated heterocycles. The second-order valence-electron chi connectivity index (χ2n) is 6.42. The van der Waals surface area contributed by atoms with Gasteiger partial charge in [-0.05, 0) is 23.5 Å². The van der Waals surface area contributed by atoms with Gasteiger partial charge in [0.1, 0.15) is 24.2 Å². The molecule has 120 valence electrons. The molecule has 1 unspecified atom stereocenters. The molecule has 0 aromatic heterocycles. The maximum atomic E-state index is 9.95. The van der Waals surface area contributed by atoms with Crippen LogP contribution in [0.2, 0.25) is 0 Å². The zero-order valence-corrected chi connectivity index (χ0v) is 13.8. The SMILES string of the molecule is COc1cccc(OCC(O)CNCC(C)(C)C(C)C)c1. The monoisotopic (exact) mass is 295 g/mol. The number of rotatable bonds is 9. The van der Waals surface area contributed by atoms with E-state index in [9.17, 15) is 5.11 Å². The minimum atomic E-state index is -0.529. The number of aliphatic hydroxyl groups is 1. The van der Waals surface area contributed by atoms with Crippen molar-refractivity contribution in [1.29, 1.82) is 0 Å². The summed E-state index contributed by atoms with van der Waals surface area (Å²) in [6.07, 6.45) is -0.529. The van der Waals surface area contributed by atoms with Gasteiger partial charge in [0.2, 0.25) is 0 Å². The average molecular weight is 295 g/mol. The summed E-state index contributed by atoms with van der Waals surface area (Å²) in [5, 5.41) is 13.3. The number of benzene rings is 1. The van der Waals surface area contributed by atoms with Crippen LogP contribution in [0, 0.1) is 11.3 Å². The molecule has 0 radical (unpaired) electrons. The molecular formula is C17H29NO3. The van der Waals surface area contributed by atoms with Gasteiger partial charge >= 0.3 is 0 Å². The lowest BCUT2D eigenvalue weighted by Gasteiger charge is -2.30. The van der Waals surface area contributed by atoms with E-state index in [1.54, 1.807) is 7.11 Å². The Morgan fingerprint density at radius 1 is 1.24 bits per heavy atom. The van der Waals surface area contributed by atoms with Crippen LogP contribution in [0.15, 0.2) is 24.3 Å². The van der Waals surface area contributed by atoms with E-state index in [1.165, 1.54) is 0 Å². The van der Waals surface area contributed by atoms with Crippen LogP contribution in [0.25, 0.3) is 0 Å². The molecule has 2 N–H and O–H groups in total. The van der Waals surface area contributed by atoms with E-state index in [2.05, 4.69) is 33.0 Å². The third-order valence-corrected chi connectivity index (χ3v) is 4.01. The van der Waals surface area contributed by atoms with Crippen molar-refractivity contribution in [2.75, 3.05) is 26.8 Å². The molecule has 1 rings (SSSR count). The van der Waals surface area contributed by atoms with Crippen LogP contribution in [0.1, 0.15) is 27.7 Å². The molecule has 0 bridgehead atoms. The number of hydrogen-bond acceptors (Lipinski definition) is 4. The van der Waals surface area contributed by atoms with Gasteiger partial charge < -0.3 is 19.9 Å². The van der Waals surface area contributed by atoms with Crippen molar-refractivity contribution in [2.24, 2.45) is 11.3 Å². The van der Waals surface area contributed by atoms with Gasteiger partial charge in [0.15, 0.2) is 0 Å². The fourth-order valence-corrected chi connectivity index (χ4v) is 1.71. The molecule has 0 spiro atoms. The largest absolute Gasteiger partial charge is 0.497 e. The molecule has 1 atom stereocenters. The summed E-state index contributed by atoms with van der Waals surface area (Å²) in [6, 6.07) is 7.38. The summed E-state index contributed by atoms with van der Waals surface area (Å²) >= 11 is 0. The second-order valence-corrected chi connectivity index (χ2v) is 6.42. The molecule has 21 heavy (non-hydrogen) atoms. The van der Waals surface area contributed by atoms with E-state index in [0.29, 0.717) is 18.2 Å². The first-order chi connectivity index (χ1) is 9.85. The summed E-state index contributed by atoms with van der Waals surface area (Å²) in [5.41, 5.74) is 0.216. The van der Waals surface area contributed by atoms with Gasteiger partial charge in [-0.25, -0.2) is 0 Å². The van der Waals surface area contributed by atoms with Gasteiger partial charge in [0, 0.05) is 19.2 Å². The maximum absolute atomic E-state index is 9.95. The topological polar surface area (TPSA) is 50.7 Å². The highest BCUT2D eigenvalue weighted by molar-refractivity contribution is 5.32. The van der Waals surface area contributed by atoms with E-state index in [0.717, 1.165) is 12.3 Å². The van der Waals surface area contributed by atoms with Gasteiger partial charge in [0.05, 0.1) is 7.11 Å². The summed E-state index contributed by atoms with van der Waals surface area (Å²) in [7, 11) is 1.62. The molecular weight excluding hydrogens is 266 g/mol. The van der Waals surface area contributed by atoms with Crippen LogP contribution in [0.5, 0.6) is 11.5 Å². The highest BCUT2D eigenvalue weighted by Gasteiger charge is 2.21. The Labute approximate surface area is 128 Å². The molecule has 4 heteroatoms. The third-order valence-electron chi connectivity index (χ3n) is 4.01. The Morgan fingerprint density at radius 3 is 2.52 bits per heavy atom. The zero-order valence-electron chi connectivity index (χ0n) is 13.8. The highest BCUT2D eigenvalue weighted by atomic mass is 16.5. The first-order valence-electron chi connectivity index (χ1n) is 7.51. The standard InChI is InChI=1S/C17H29NO3/c1-13(2)17(3,4)12-18-10-14(19)11-21-16-8-6-7-15(9-16)20-5/h6-9,13-14,18-19H,10-12H2,1-5H3. The minimum Gasteiger partial charge on any atom is -0.497 e. The molecule has 0 fully saturated rings. The molecule has 1 aromatic rings. The first kappa shape index (κ1) is 17.8. The Kier molecular flexibility index (Phi) is 6.99. The van der Waals surface area contributed by atoms with E-state index in [1.807, 2.05) is 24.3 Å². The molecule has 0 aliphatic carbocycles. The molecule has 4 nitrogen and oxygen atoms in total. The number of ether oxygens (including phenoxy) is 2. The van der Waals surface area contributed by atoms with Crippen molar-refractivity contribution < 1.29 is 14.6 Å². The van der Waals surface area contributed by atoms with Crippen molar-refractivity contribution >= 4 is 0 Å². The van der Waals surface area contributed by atoms with Crippen LogP contribution in [-0.2, 0) is 0 Å². The quantitative estimate of drug-likeness (QED) is 0.735. The molecule has 0 saturated carbocycles. The zero-order chi connectivity index (χ0) is 15.9. The number of methoxy groups -OCH3 is 1. The van der Waals surface area contributed by atoms with Crippen LogP contribution in [-0.4, -0.2) is 38.0 Å². The summed E-state index contributed by atoms with van der Waals surface area (Å²) in [4.78, 5) is 0. The van der Waals surface area contributed by atoms with E-state index in [-0.39, 0.29) is 12.0 Å². The minimum absolute atomic E-state index is 0.216. The van der Waals surface area contributed by atoms with Crippen molar-refractivity contribution in [3.8, 4) is 11.5 Å². The first-order valence-corrected chi connectivity index (χ1v) is 7.51. The van der Waals surface area contributed by atoms with E-state index in [4.69, 9.17) is 9.47 Å². The van der Waals surface area contributed by atoms with Gasteiger partial charge in [-0.3, -0.25) is 0 Å². The lowest BCUT2D eigenvalue weighted by molar-refractivity contribution is 0.101. The lowest BCUT2D eigenvalue weighted by atomic mass is 9.81. The Balaban J connectivity index is 2.29. The fourth-order valence-electron chi connectivity index (χ4n) is 1.71. The lowest BCUT2D eigenvalue weighted by Crippen LogP contribution is -2.39. The number of aliphatic hydroxyl groups excluding tert-OH is 1. The summed E-state index contributed by atoms with van der Waals surface area (Å²) < 4.78 is 10.7. The fraction of sp³-hybridized carbons (Fsp3) is 0.647. The molecule has 0 aliphatic heterocycles. The van der Waals surface area contributed by atoms with E-state index >= 15 is 0 Å². The molecule has 0 aliphatic rings. The third kappa shape index (κ3) is 6.36. The Bertz CT molecular complexity index is 418. The molecule has 0 heterocycles. The van der Waals surface area contributed by atoms with Gasteiger partial charge in [-0.1, -0.05) is 33.8 Å². The van der Waals surface area contributed by atoms with Gasteiger partial charge in [-0.15, -0.1) is 0 Å². The van der Waals surface area contributed by atoms with E-state index < -0.39 is 6.10 Å². The van der Waals surface area contributed by atoms with Crippen molar-refractivity contribution in [3.05, 3.63) is 24.3 Å². The second kappa shape index (κ2) is 8.25. The van der Waals surface area contributed by atoms with Crippen LogP contribution >= 0.6 is 0 Å². The highest BCUT2D eigenvalue weighted by Crippen LogP contribution is 2.24. The Hall–Kier alpha value is -1.26. The predicted molar refractivity (Wildman–Crippen MR) is 86.0 cm³/mol. The maximum Gasteiger partial charge on any atom is 0.123 e. The molecule has 1 aromatic carbocycles. The van der Waals surface area contributed by atoms with Gasteiger partial charge in [-0.2, -0.15) is 0 Å². The average Bonchev–Trinajstić information content (AvgIpc) is 2.45. The Morgan fingerprint density at radius 2 is 1.90 bits per heavy atom. The normalized spacial score (nSPS) is 13.3. The van der Waals surface area contributed by atoms with Crippen LogP contribution < -0.4 is 14.8 Å².